The average Bonchev–Trinajstić information content (AvgIpc) is 2.46. The van der Waals surface area contributed by atoms with Crippen LogP contribution in [0.2, 0.25) is 0 Å². The Kier molecular flexibility index (Phi) is 1.58. The van der Waals surface area contributed by atoms with Crippen LogP contribution in [0.5, 0.6) is 0 Å². The summed E-state index contributed by atoms with van der Waals surface area (Å²) in [5.74, 6) is 1.82. The van der Waals surface area contributed by atoms with Crippen molar-refractivity contribution in [2.75, 3.05) is 13.7 Å². The molecule has 6 rings (SSSR count). The van der Waals surface area contributed by atoms with Gasteiger partial charge < -0.3 is 9.47 Å². The Labute approximate surface area is 116 Å². The molecule has 6 saturated carbocycles. The Hall–Kier alpha value is -1.39. The van der Waals surface area contributed by atoms with Gasteiger partial charge in [0, 0.05) is 5.41 Å². The SMILES string of the molecule is CCOC(=O)CC(=O)C12C3C4C1C1C2C3C41C(=O)OC. The monoisotopic (exact) mass is 276 g/mol. The van der Waals surface area contributed by atoms with Crippen molar-refractivity contribution in [2.24, 2.45) is 46.3 Å². The predicted octanol–water partition coefficient (Wildman–Crippen LogP) is 0.420. The fourth-order valence-corrected chi connectivity index (χ4v) is 7.17. The maximum Gasteiger partial charge on any atom is 0.313 e. The number of rotatable bonds is 5. The fraction of sp³-hybridized carbons (Fsp3) is 0.800. The van der Waals surface area contributed by atoms with Gasteiger partial charge in [-0.2, -0.15) is 0 Å². The average molecular weight is 276 g/mol. The summed E-state index contributed by atoms with van der Waals surface area (Å²) in [6.07, 6.45) is -0.0886. The van der Waals surface area contributed by atoms with Gasteiger partial charge in [-0.3, -0.25) is 14.4 Å². The first-order chi connectivity index (χ1) is 9.59. The van der Waals surface area contributed by atoms with Crippen molar-refractivity contribution in [3.05, 3.63) is 0 Å². The molecule has 0 N–H and O–H groups in total. The molecule has 0 aliphatic heterocycles. The molecule has 106 valence electrons. The highest BCUT2D eigenvalue weighted by Gasteiger charge is 3.12. The van der Waals surface area contributed by atoms with E-state index in [9.17, 15) is 14.4 Å². The van der Waals surface area contributed by atoms with Crippen LogP contribution in [0, 0.1) is 46.3 Å². The van der Waals surface area contributed by atoms with Crippen molar-refractivity contribution in [2.45, 2.75) is 13.3 Å². The number of ketones is 1. The Morgan fingerprint density at radius 3 is 1.90 bits per heavy atom. The van der Waals surface area contributed by atoms with Gasteiger partial charge in [0.2, 0.25) is 0 Å². The van der Waals surface area contributed by atoms with E-state index in [4.69, 9.17) is 9.47 Å². The molecule has 0 aromatic heterocycles. The van der Waals surface area contributed by atoms with E-state index in [0.717, 1.165) is 0 Å². The zero-order valence-electron chi connectivity index (χ0n) is 11.4. The van der Waals surface area contributed by atoms with Crippen LogP contribution >= 0.6 is 0 Å². The largest absolute Gasteiger partial charge is 0.469 e. The Morgan fingerprint density at radius 2 is 1.45 bits per heavy atom. The van der Waals surface area contributed by atoms with Crippen molar-refractivity contribution < 1.29 is 23.9 Å². The highest BCUT2D eigenvalue weighted by Crippen LogP contribution is 3.10. The van der Waals surface area contributed by atoms with Gasteiger partial charge in [-0.1, -0.05) is 0 Å². The van der Waals surface area contributed by atoms with Crippen LogP contribution in [0.3, 0.4) is 0 Å². The van der Waals surface area contributed by atoms with Crippen LogP contribution in [0.4, 0.5) is 0 Å². The van der Waals surface area contributed by atoms with Crippen LogP contribution in [-0.2, 0) is 23.9 Å². The third-order valence-electron chi connectivity index (χ3n) is 7.26. The first kappa shape index (κ1) is 11.3. The first-order valence-corrected chi connectivity index (χ1v) is 7.36. The molecule has 6 fully saturated rings. The van der Waals surface area contributed by atoms with E-state index >= 15 is 0 Å². The molecule has 6 aliphatic carbocycles. The highest BCUT2D eigenvalue weighted by molar-refractivity contribution is 6.05. The van der Waals surface area contributed by atoms with E-state index in [2.05, 4.69) is 0 Å². The molecule has 0 heterocycles. The predicted molar refractivity (Wildman–Crippen MR) is 64.1 cm³/mol. The lowest BCUT2D eigenvalue weighted by molar-refractivity contribution is -0.626. The summed E-state index contributed by atoms with van der Waals surface area (Å²) in [4.78, 5) is 35.9. The molecule has 6 aliphatic rings. The lowest BCUT2D eigenvalue weighted by atomic mass is 8.92. The summed E-state index contributed by atoms with van der Waals surface area (Å²) in [6, 6.07) is 0. The number of methoxy groups -OCH3 is 1. The number of Topliss-reactive ketones (excluding diaryl/α,β-unsaturated/α-hetero) is 1. The molecule has 0 spiro atoms. The number of esters is 2. The van der Waals surface area contributed by atoms with E-state index in [-0.39, 0.29) is 29.0 Å². The topological polar surface area (TPSA) is 69.7 Å². The lowest BCUT2D eigenvalue weighted by Crippen LogP contribution is -3.12. The summed E-state index contributed by atoms with van der Waals surface area (Å²) in [6.45, 7) is 2.06. The second-order valence-corrected chi connectivity index (χ2v) is 6.92. The van der Waals surface area contributed by atoms with E-state index in [0.29, 0.717) is 42.1 Å². The smallest absolute Gasteiger partial charge is 0.313 e. The summed E-state index contributed by atoms with van der Waals surface area (Å²) < 4.78 is 9.82. The highest BCUT2D eigenvalue weighted by atomic mass is 16.5. The summed E-state index contributed by atoms with van der Waals surface area (Å²) >= 11 is 0. The number of carbonyl (C=O) groups excluding carboxylic acids is 3. The molecule has 0 bridgehead atoms. The van der Waals surface area contributed by atoms with Gasteiger partial charge in [0.25, 0.3) is 0 Å². The normalized spacial score (nSPS) is 56.9. The quantitative estimate of drug-likeness (QED) is 0.537. The molecule has 20 heavy (non-hydrogen) atoms. The summed E-state index contributed by atoms with van der Waals surface area (Å²) in [7, 11) is 1.45. The minimum absolute atomic E-state index is 0.0626. The number of ether oxygens (including phenoxy) is 2. The molecule has 5 heteroatoms. The van der Waals surface area contributed by atoms with Gasteiger partial charge in [0.05, 0.1) is 19.1 Å². The second kappa shape index (κ2) is 2.81. The number of hydrogen-bond donors (Lipinski definition) is 0. The van der Waals surface area contributed by atoms with E-state index in [1.165, 1.54) is 7.11 Å². The van der Waals surface area contributed by atoms with Crippen LogP contribution in [0.25, 0.3) is 0 Å². The standard InChI is InChI=1S/C15H16O5/c1-3-20-6(17)4-5(16)14-7-10-8(14)12-9(14)11(7)15(10,12)13(18)19-2/h7-12H,3-4H2,1-2H3. The molecular weight excluding hydrogens is 260 g/mol. The molecule has 0 saturated heterocycles. The van der Waals surface area contributed by atoms with E-state index in [1.54, 1.807) is 6.92 Å². The Bertz CT molecular complexity index is 538. The van der Waals surface area contributed by atoms with Gasteiger partial charge in [0.1, 0.15) is 6.42 Å². The summed E-state index contributed by atoms with van der Waals surface area (Å²) in [5.41, 5.74) is -0.441. The van der Waals surface area contributed by atoms with Crippen molar-refractivity contribution in [3.63, 3.8) is 0 Å². The number of carbonyl (C=O) groups is 3. The minimum atomic E-state index is -0.408. The van der Waals surface area contributed by atoms with Crippen LogP contribution in [-0.4, -0.2) is 31.4 Å². The van der Waals surface area contributed by atoms with E-state index in [1.807, 2.05) is 0 Å². The number of hydrogen-bond acceptors (Lipinski definition) is 5. The molecule has 5 nitrogen and oxygen atoms in total. The maximum atomic E-state index is 12.4. The Balaban J connectivity index is 1.35. The first-order valence-electron chi connectivity index (χ1n) is 7.36. The molecule has 0 aromatic carbocycles. The molecule has 0 aromatic rings. The molecule has 0 amide bonds. The van der Waals surface area contributed by atoms with Gasteiger partial charge in [-0.15, -0.1) is 0 Å². The lowest BCUT2D eigenvalue weighted by Gasteiger charge is -3.09. The zero-order chi connectivity index (χ0) is 14.0. The molecule has 0 atom stereocenters. The summed E-state index contributed by atoms with van der Waals surface area (Å²) in [5, 5.41) is 0. The van der Waals surface area contributed by atoms with Gasteiger partial charge >= 0.3 is 11.9 Å². The van der Waals surface area contributed by atoms with Gasteiger partial charge in [-0.25, -0.2) is 0 Å². The van der Waals surface area contributed by atoms with Crippen LogP contribution in [0.1, 0.15) is 13.3 Å². The van der Waals surface area contributed by atoms with Crippen molar-refractivity contribution in [3.8, 4) is 0 Å². The van der Waals surface area contributed by atoms with Gasteiger partial charge in [0.15, 0.2) is 5.78 Å². The maximum absolute atomic E-state index is 12.4. The third kappa shape index (κ3) is 0.639. The van der Waals surface area contributed by atoms with Crippen LogP contribution in [0.15, 0.2) is 0 Å². The molecule has 0 unspecified atom stereocenters. The van der Waals surface area contributed by atoms with Crippen LogP contribution < -0.4 is 0 Å². The Morgan fingerprint density at radius 1 is 0.950 bits per heavy atom. The van der Waals surface area contributed by atoms with Gasteiger partial charge in [-0.05, 0) is 42.4 Å². The molecule has 0 radical (unpaired) electrons. The fourth-order valence-electron chi connectivity index (χ4n) is 7.17. The zero-order valence-corrected chi connectivity index (χ0v) is 11.4. The molecular formula is C15H16O5. The van der Waals surface area contributed by atoms with Crippen molar-refractivity contribution in [1.82, 2.24) is 0 Å². The van der Waals surface area contributed by atoms with Crippen molar-refractivity contribution in [1.29, 1.82) is 0 Å². The second-order valence-electron chi connectivity index (χ2n) is 6.92. The minimum Gasteiger partial charge on any atom is -0.469 e. The third-order valence-corrected chi connectivity index (χ3v) is 7.26. The van der Waals surface area contributed by atoms with E-state index < -0.39 is 5.97 Å². The van der Waals surface area contributed by atoms with Crippen molar-refractivity contribution >= 4 is 17.7 Å².